The highest BCUT2D eigenvalue weighted by Crippen LogP contribution is 2.34. The van der Waals surface area contributed by atoms with Crippen molar-refractivity contribution >= 4 is 0 Å². The van der Waals surface area contributed by atoms with Crippen LogP contribution in [0.25, 0.3) is 0 Å². The van der Waals surface area contributed by atoms with Crippen LogP contribution in [0, 0.1) is 0 Å². The fraction of sp³-hybridized carbons (Fsp3) is 0.182. The maximum atomic E-state index is 9.39. The lowest BCUT2D eigenvalue weighted by atomic mass is 9.90. The van der Waals surface area contributed by atoms with Crippen LogP contribution in [0.4, 0.5) is 0 Å². The summed E-state index contributed by atoms with van der Waals surface area (Å²) >= 11 is 0. The number of hydrogen-bond acceptors (Lipinski definition) is 4. The van der Waals surface area contributed by atoms with Crippen LogP contribution in [0.15, 0.2) is 72.8 Å². The zero-order valence-electron chi connectivity index (χ0n) is 14.6. The van der Waals surface area contributed by atoms with Crippen LogP contribution in [0.5, 0.6) is 23.0 Å². The van der Waals surface area contributed by atoms with E-state index in [0.717, 1.165) is 29.0 Å². The number of phenolic OH excluding ortho intramolecular Hbond substituents is 2. The third-order valence-corrected chi connectivity index (χ3v) is 4.30. The molecule has 0 saturated carbocycles. The lowest BCUT2D eigenvalue weighted by molar-refractivity contribution is 0.261. The molecule has 0 aliphatic carbocycles. The van der Waals surface area contributed by atoms with Crippen LogP contribution < -0.4 is 9.47 Å². The molecule has 0 fully saturated rings. The zero-order chi connectivity index (χ0) is 18.4. The van der Waals surface area contributed by atoms with Gasteiger partial charge < -0.3 is 19.7 Å². The SMILES string of the molecule is COc1ccccc1.Oc1ccc(C2COc3cc(O)ccc3C2)cc1. The summed E-state index contributed by atoms with van der Waals surface area (Å²) in [7, 11) is 1.66. The molecular formula is C22H22O4. The van der Waals surface area contributed by atoms with Crippen molar-refractivity contribution in [3.05, 3.63) is 83.9 Å². The maximum absolute atomic E-state index is 9.39. The van der Waals surface area contributed by atoms with Crippen molar-refractivity contribution in [2.45, 2.75) is 12.3 Å². The van der Waals surface area contributed by atoms with Gasteiger partial charge in [0, 0.05) is 12.0 Å². The summed E-state index contributed by atoms with van der Waals surface area (Å²) in [5.74, 6) is 2.48. The smallest absolute Gasteiger partial charge is 0.126 e. The van der Waals surface area contributed by atoms with Crippen LogP contribution in [-0.2, 0) is 6.42 Å². The Morgan fingerprint density at radius 1 is 0.885 bits per heavy atom. The summed E-state index contributed by atoms with van der Waals surface area (Å²) in [6, 6.07) is 22.2. The minimum absolute atomic E-state index is 0.233. The Labute approximate surface area is 153 Å². The van der Waals surface area contributed by atoms with Crippen molar-refractivity contribution in [1.29, 1.82) is 0 Å². The van der Waals surface area contributed by atoms with Crippen LogP contribution in [0.2, 0.25) is 0 Å². The van der Waals surface area contributed by atoms with Crippen LogP contribution in [0.1, 0.15) is 17.0 Å². The fourth-order valence-electron chi connectivity index (χ4n) is 2.88. The second-order valence-electron chi connectivity index (χ2n) is 6.11. The van der Waals surface area contributed by atoms with Crippen molar-refractivity contribution in [3.63, 3.8) is 0 Å². The number of hydrogen-bond donors (Lipinski definition) is 2. The van der Waals surface area contributed by atoms with E-state index in [2.05, 4.69) is 0 Å². The van der Waals surface area contributed by atoms with E-state index in [1.165, 1.54) is 0 Å². The number of ether oxygens (including phenoxy) is 2. The van der Waals surface area contributed by atoms with Gasteiger partial charge in [-0.3, -0.25) is 0 Å². The van der Waals surface area contributed by atoms with Gasteiger partial charge in [-0.15, -0.1) is 0 Å². The van der Waals surface area contributed by atoms with Gasteiger partial charge in [0.05, 0.1) is 13.7 Å². The van der Waals surface area contributed by atoms with Gasteiger partial charge in [0.2, 0.25) is 0 Å². The summed E-state index contributed by atoms with van der Waals surface area (Å²) in [6.45, 7) is 0.598. The summed E-state index contributed by atoms with van der Waals surface area (Å²) in [6.07, 6.45) is 0.889. The van der Waals surface area contributed by atoms with Crippen molar-refractivity contribution in [2.75, 3.05) is 13.7 Å². The van der Waals surface area contributed by atoms with Crippen LogP contribution in [-0.4, -0.2) is 23.9 Å². The predicted octanol–water partition coefficient (Wildman–Crippen LogP) is 4.51. The van der Waals surface area contributed by atoms with Gasteiger partial charge in [0.15, 0.2) is 0 Å². The summed E-state index contributed by atoms with van der Waals surface area (Å²) in [4.78, 5) is 0. The summed E-state index contributed by atoms with van der Waals surface area (Å²) in [5, 5.41) is 18.7. The first-order chi connectivity index (χ1) is 12.7. The molecule has 0 aromatic heterocycles. The lowest BCUT2D eigenvalue weighted by Crippen LogP contribution is -2.18. The topological polar surface area (TPSA) is 58.9 Å². The second kappa shape index (κ2) is 8.30. The second-order valence-corrected chi connectivity index (χ2v) is 6.11. The van der Waals surface area contributed by atoms with Crippen molar-refractivity contribution in [2.24, 2.45) is 0 Å². The highest BCUT2D eigenvalue weighted by molar-refractivity contribution is 5.43. The molecule has 4 heteroatoms. The normalized spacial score (nSPS) is 15.0. The third-order valence-electron chi connectivity index (χ3n) is 4.30. The van der Waals surface area contributed by atoms with Gasteiger partial charge in [-0.2, -0.15) is 0 Å². The van der Waals surface area contributed by atoms with E-state index in [1.54, 1.807) is 31.4 Å². The molecule has 0 bridgehead atoms. The van der Waals surface area contributed by atoms with Gasteiger partial charge in [0.25, 0.3) is 0 Å². The molecule has 3 aromatic carbocycles. The maximum Gasteiger partial charge on any atom is 0.126 e. The molecular weight excluding hydrogens is 328 g/mol. The molecule has 1 heterocycles. The van der Waals surface area contributed by atoms with Gasteiger partial charge in [-0.1, -0.05) is 36.4 Å². The van der Waals surface area contributed by atoms with E-state index >= 15 is 0 Å². The quantitative estimate of drug-likeness (QED) is 0.714. The highest BCUT2D eigenvalue weighted by Gasteiger charge is 2.21. The first-order valence-corrected chi connectivity index (χ1v) is 8.48. The van der Waals surface area contributed by atoms with Crippen molar-refractivity contribution in [3.8, 4) is 23.0 Å². The number of fused-ring (bicyclic) bond motifs is 1. The molecule has 134 valence electrons. The standard InChI is InChI=1S/C15H14O3.C7H8O/c16-13-4-1-10(2-5-13)12-7-11-3-6-14(17)8-15(11)18-9-12;1-8-7-5-3-2-4-6-7/h1-6,8,12,16-17H,7,9H2;2-6H,1H3. The molecule has 4 rings (SSSR count). The largest absolute Gasteiger partial charge is 0.508 e. The van der Waals surface area contributed by atoms with Gasteiger partial charge in [-0.05, 0) is 47.9 Å². The molecule has 1 atom stereocenters. The number of methoxy groups -OCH3 is 1. The molecule has 1 aliphatic rings. The molecule has 0 amide bonds. The Bertz CT molecular complexity index is 829. The Morgan fingerprint density at radius 2 is 1.58 bits per heavy atom. The molecule has 0 saturated heterocycles. The van der Waals surface area contributed by atoms with Gasteiger partial charge in [0.1, 0.15) is 23.0 Å². The number of rotatable bonds is 2. The van der Waals surface area contributed by atoms with E-state index in [-0.39, 0.29) is 11.5 Å². The van der Waals surface area contributed by atoms with E-state index in [4.69, 9.17) is 9.47 Å². The van der Waals surface area contributed by atoms with E-state index in [1.807, 2.05) is 48.5 Å². The van der Waals surface area contributed by atoms with E-state index in [9.17, 15) is 10.2 Å². The Balaban J connectivity index is 0.000000206. The van der Waals surface area contributed by atoms with Crippen molar-refractivity contribution < 1.29 is 19.7 Å². The average molecular weight is 350 g/mol. The van der Waals surface area contributed by atoms with Gasteiger partial charge >= 0.3 is 0 Å². The first kappa shape index (κ1) is 17.7. The Hall–Kier alpha value is -3.14. The molecule has 3 aromatic rings. The highest BCUT2D eigenvalue weighted by atomic mass is 16.5. The Morgan fingerprint density at radius 3 is 2.23 bits per heavy atom. The molecule has 0 spiro atoms. The fourth-order valence-corrected chi connectivity index (χ4v) is 2.88. The summed E-state index contributed by atoms with van der Waals surface area (Å²) < 4.78 is 10.6. The molecule has 4 nitrogen and oxygen atoms in total. The number of benzene rings is 3. The molecule has 1 unspecified atom stereocenters. The Kier molecular flexibility index (Phi) is 5.64. The molecule has 26 heavy (non-hydrogen) atoms. The third kappa shape index (κ3) is 4.48. The molecule has 1 aliphatic heterocycles. The van der Waals surface area contributed by atoms with Crippen LogP contribution in [0.3, 0.4) is 0 Å². The number of aromatic hydroxyl groups is 2. The lowest BCUT2D eigenvalue weighted by Gasteiger charge is -2.25. The number of phenols is 2. The molecule has 0 radical (unpaired) electrons. The zero-order valence-corrected chi connectivity index (χ0v) is 14.6. The molecule has 2 N–H and O–H groups in total. The van der Waals surface area contributed by atoms with E-state index in [0.29, 0.717) is 12.5 Å². The predicted molar refractivity (Wildman–Crippen MR) is 101 cm³/mol. The van der Waals surface area contributed by atoms with Gasteiger partial charge in [-0.25, -0.2) is 0 Å². The van der Waals surface area contributed by atoms with Crippen molar-refractivity contribution in [1.82, 2.24) is 0 Å². The van der Waals surface area contributed by atoms with E-state index < -0.39 is 0 Å². The number of para-hydroxylation sites is 1. The monoisotopic (exact) mass is 350 g/mol. The minimum Gasteiger partial charge on any atom is -0.508 e. The van der Waals surface area contributed by atoms with Crippen LogP contribution >= 0.6 is 0 Å². The first-order valence-electron chi connectivity index (χ1n) is 8.48. The average Bonchev–Trinajstić information content (AvgIpc) is 2.69. The summed E-state index contributed by atoms with van der Waals surface area (Å²) in [5.41, 5.74) is 2.27. The minimum atomic E-state index is 0.233.